The van der Waals surface area contributed by atoms with Crippen LogP contribution in [-0.4, -0.2) is 20.0 Å². The molecule has 1 aromatic carbocycles. The van der Waals surface area contributed by atoms with E-state index in [4.69, 9.17) is 0 Å². The van der Waals surface area contributed by atoms with E-state index in [1.54, 1.807) is 29.0 Å². The lowest BCUT2D eigenvalue weighted by Gasteiger charge is -2.10. The summed E-state index contributed by atoms with van der Waals surface area (Å²) < 4.78 is 30.3. The number of aromatic nitrogens is 1. The van der Waals surface area contributed by atoms with Crippen LogP contribution in [0.4, 0.5) is 5.69 Å². The molecule has 0 fully saturated rings. The number of benzene rings is 1. The third kappa shape index (κ3) is 3.48. The summed E-state index contributed by atoms with van der Waals surface area (Å²) in [6.07, 6.45) is 1.61. The second kappa shape index (κ2) is 6.21. The molecule has 0 saturated carbocycles. The van der Waals surface area contributed by atoms with Crippen LogP contribution < -0.4 is 10.0 Å². The highest BCUT2D eigenvalue weighted by molar-refractivity contribution is 9.10. The topological polar surface area (TPSA) is 63.1 Å². The van der Waals surface area contributed by atoms with E-state index in [2.05, 4.69) is 26.0 Å². The minimum Gasteiger partial charge on any atom is -0.352 e. The van der Waals surface area contributed by atoms with Gasteiger partial charge in [0.15, 0.2) is 0 Å². The third-order valence-electron chi connectivity index (χ3n) is 3.26. The van der Waals surface area contributed by atoms with E-state index in [0.29, 0.717) is 12.2 Å². The first kappa shape index (κ1) is 16.1. The van der Waals surface area contributed by atoms with Gasteiger partial charge in [-0.1, -0.05) is 22.0 Å². The average molecular weight is 372 g/mol. The number of nitrogens with zero attached hydrogens (tertiary/aromatic N) is 1. The van der Waals surface area contributed by atoms with Crippen LogP contribution in [-0.2, 0) is 23.6 Å². The molecule has 5 nitrogen and oxygen atoms in total. The summed E-state index contributed by atoms with van der Waals surface area (Å²) in [6, 6.07) is 7.09. The Labute approximate surface area is 133 Å². The molecule has 0 aliphatic carbocycles. The lowest BCUT2D eigenvalue weighted by atomic mass is 10.2. The van der Waals surface area contributed by atoms with Crippen molar-refractivity contribution in [3.63, 3.8) is 0 Å². The van der Waals surface area contributed by atoms with Crippen molar-refractivity contribution in [2.75, 3.05) is 11.8 Å². The number of hydrogen-bond acceptors (Lipinski definition) is 3. The first-order chi connectivity index (χ1) is 9.85. The zero-order valence-corrected chi connectivity index (χ0v) is 14.5. The van der Waals surface area contributed by atoms with Crippen molar-refractivity contribution in [2.45, 2.75) is 18.4 Å². The molecule has 0 spiro atoms. The van der Waals surface area contributed by atoms with E-state index in [0.717, 1.165) is 15.7 Å². The molecule has 0 amide bonds. The van der Waals surface area contributed by atoms with Crippen LogP contribution in [0.2, 0.25) is 0 Å². The highest BCUT2D eigenvalue weighted by Gasteiger charge is 2.18. The second-order valence-corrected chi connectivity index (χ2v) is 7.36. The maximum absolute atomic E-state index is 12.5. The molecule has 7 heteroatoms. The quantitative estimate of drug-likeness (QED) is 0.848. The second-order valence-electron chi connectivity index (χ2n) is 4.83. The fourth-order valence-electron chi connectivity index (χ4n) is 2.00. The Morgan fingerprint density at radius 1 is 1.33 bits per heavy atom. The molecular weight excluding hydrogens is 354 g/mol. The van der Waals surface area contributed by atoms with Crippen LogP contribution in [0.1, 0.15) is 11.3 Å². The molecule has 2 rings (SSSR count). The highest BCUT2D eigenvalue weighted by atomic mass is 79.9. The lowest BCUT2D eigenvalue weighted by Crippen LogP contribution is -2.13. The van der Waals surface area contributed by atoms with E-state index < -0.39 is 10.0 Å². The maximum Gasteiger partial charge on any atom is 0.263 e. The van der Waals surface area contributed by atoms with Crippen molar-refractivity contribution in [1.29, 1.82) is 0 Å². The van der Waals surface area contributed by atoms with E-state index in [9.17, 15) is 8.42 Å². The van der Waals surface area contributed by atoms with E-state index in [-0.39, 0.29) is 4.90 Å². The van der Waals surface area contributed by atoms with Crippen LogP contribution in [0.3, 0.4) is 0 Å². The van der Waals surface area contributed by atoms with E-state index in [1.807, 2.05) is 27.1 Å². The minimum absolute atomic E-state index is 0.259. The maximum atomic E-state index is 12.5. The summed E-state index contributed by atoms with van der Waals surface area (Å²) >= 11 is 3.40. The Kier molecular flexibility index (Phi) is 4.75. The van der Waals surface area contributed by atoms with E-state index >= 15 is 0 Å². The third-order valence-corrected chi connectivity index (χ3v) is 5.45. The molecule has 1 heterocycles. The zero-order chi connectivity index (χ0) is 15.6. The summed E-state index contributed by atoms with van der Waals surface area (Å²) in [5, 5.41) is 3.01. The Hall–Kier alpha value is -1.31. The van der Waals surface area contributed by atoms with Gasteiger partial charge in [0.1, 0.15) is 4.90 Å². The molecule has 0 bridgehead atoms. The molecule has 2 aromatic rings. The van der Waals surface area contributed by atoms with Crippen LogP contribution in [0, 0.1) is 6.92 Å². The van der Waals surface area contributed by atoms with Crippen LogP contribution in [0.25, 0.3) is 0 Å². The molecule has 0 radical (unpaired) electrons. The number of sulfonamides is 1. The Balaban J connectivity index is 2.34. The Morgan fingerprint density at radius 2 is 2.05 bits per heavy atom. The van der Waals surface area contributed by atoms with Crippen molar-refractivity contribution >= 4 is 31.6 Å². The minimum atomic E-state index is -3.59. The fourth-order valence-corrected chi connectivity index (χ4v) is 3.59. The van der Waals surface area contributed by atoms with Gasteiger partial charge in [-0.2, -0.15) is 0 Å². The molecule has 21 heavy (non-hydrogen) atoms. The van der Waals surface area contributed by atoms with Crippen molar-refractivity contribution < 1.29 is 8.42 Å². The van der Waals surface area contributed by atoms with Crippen LogP contribution in [0.15, 0.2) is 39.8 Å². The molecule has 114 valence electrons. The lowest BCUT2D eigenvalue weighted by molar-refractivity contribution is 0.601. The first-order valence-corrected chi connectivity index (χ1v) is 8.70. The number of nitrogens with one attached hydrogen (secondary N) is 2. The van der Waals surface area contributed by atoms with Gasteiger partial charge in [-0.3, -0.25) is 4.72 Å². The molecule has 2 N–H and O–H groups in total. The monoisotopic (exact) mass is 371 g/mol. The number of halogens is 1. The van der Waals surface area contributed by atoms with E-state index in [1.165, 1.54) is 0 Å². The van der Waals surface area contributed by atoms with Crippen LogP contribution >= 0.6 is 15.9 Å². The summed E-state index contributed by atoms with van der Waals surface area (Å²) in [6.45, 7) is 2.47. The van der Waals surface area contributed by atoms with Crippen molar-refractivity contribution in [2.24, 2.45) is 7.05 Å². The molecular formula is C14H18BrN3O2S. The van der Waals surface area contributed by atoms with Gasteiger partial charge < -0.3 is 9.88 Å². The average Bonchev–Trinajstić information content (AvgIpc) is 2.78. The summed E-state index contributed by atoms with van der Waals surface area (Å²) in [4.78, 5) is 0.259. The van der Waals surface area contributed by atoms with Gasteiger partial charge in [0.05, 0.1) is 5.69 Å². The summed E-state index contributed by atoms with van der Waals surface area (Å²) in [5.74, 6) is 0. The molecule has 0 aliphatic rings. The van der Waals surface area contributed by atoms with Gasteiger partial charge in [-0.15, -0.1) is 0 Å². The first-order valence-electron chi connectivity index (χ1n) is 6.43. The predicted octanol–water partition coefficient (Wildman–Crippen LogP) is 2.62. The van der Waals surface area contributed by atoms with Gasteiger partial charge >= 0.3 is 0 Å². The molecule has 0 saturated heterocycles. The van der Waals surface area contributed by atoms with Gasteiger partial charge in [0.25, 0.3) is 10.0 Å². The summed E-state index contributed by atoms with van der Waals surface area (Å²) in [7, 11) is 0.0611. The summed E-state index contributed by atoms with van der Waals surface area (Å²) in [5.41, 5.74) is 2.33. The Bertz CT molecular complexity index is 754. The smallest absolute Gasteiger partial charge is 0.263 e. The Morgan fingerprint density at radius 3 is 2.71 bits per heavy atom. The van der Waals surface area contributed by atoms with Crippen molar-refractivity contribution in [1.82, 2.24) is 9.88 Å². The van der Waals surface area contributed by atoms with Crippen molar-refractivity contribution in [3.8, 4) is 0 Å². The number of anilines is 1. The van der Waals surface area contributed by atoms with Gasteiger partial charge in [0.2, 0.25) is 0 Å². The van der Waals surface area contributed by atoms with Gasteiger partial charge in [-0.05, 0) is 37.7 Å². The zero-order valence-electron chi connectivity index (χ0n) is 12.1. The molecule has 0 atom stereocenters. The number of rotatable bonds is 5. The molecule has 0 aliphatic heterocycles. The number of hydrogen-bond donors (Lipinski definition) is 2. The van der Waals surface area contributed by atoms with Crippen LogP contribution in [0.5, 0.6) is 0 Å². The normalized spacial score (nSPS) is 11.6. The number of aryl methyl sites for hydroxylation is 1. The SMILES string of the molecule is CNCc1cc(S(=O)(=O)Nc2cccc(Br)c2C)cn1C. The molecule has 0 unspecified atom stereocenters. The van der Waals surface area contributed by atoms with Gasteiger partial charge in [-0.25, -0.2) is 8.42 Å². The standard InChI is InChI=1S/C14H18BrN3O2S/c1-10-13(15)5-4-6-14(10)17-21(19,20)12-7-11(8-16-2)18(3)9-12/h4-7,9,16-17H,8H2,1-3H3. The molecule has 1 aromatic heterocycles. The van der Waals surface area contributed by atoms with Crippen molar-refractivity contribution in [3.05, 3.63) is 46.2 Å². The largest absolute Gasteiger partial charge is 0.352 e. The van der Waals surface area contributed by atoms with Gasteiger partial charge in [0, 0.05) is 30.0 Å². The fraction of sp³-hybridized carbons (Fsp3) is 0.286. The predicted molar refractivity (Wildman–Crippen MR) is 87.9 cm³/mol. The highest BCUT2D eigenvalue weighted by Crippen LogP contribution is 2.26.